The van der Waals surface area contributed by atoms with Gasteiger partial charge in [0.15, 0.2) is 5.13 Å². The topological polar surface area (TPSA) is 213 Å². The summed E-state index contributed by atoms with van der Waals surface area (Å²) in [4.78, 5) is 54.1. The molecule has 11 rings (SSSR count). The second kappa shape index (κ2) is 30.6. The van der Waals surface area contributed by atoms with Crippen molar-refractivity contribution in [2.24, 2.45) is 7.05 Å². The molecule has 0 radical (unpaired) electrons. The molecule has 4 N–H and O–H groups in total. The standard InChI is InChI=1S/C27H28N4O2.C25H34N6OS.C21H24N4O2/c1-19-5-9-21(10-6-19)31-25(18-24(30-31)27(2,3)4)29-26(32)17-20-7-11-22(12-8-20)33-23-13-15-28-16-14-23;1-18-8-10-19(11-9-18)31-22(16-21(29-31)25(2,3)4)27-23(32)28-24-26-17-20(33-24)12-15-30-13-6-5-7-14-30;1-21(2,3)18-14-19(25(4)24-18)23-20(26)13-15-5-7-16(8-6-15)27-17-9-11-22-12-10-17/h5-16,18H,17H2,1-4H3,(H,29,32);8-11,16-17H,5-7,12-15H2,1-4H3,(H2,26,27,28,32);5-12,14H,13H2,1-4H3,(H,23,26). The van der Waals surface area contributed by atoms with Gasteiger partial charge in [0.2, 0.25) is 11.8 Å². The second-order valence-corrected chi connectivity index (χ2v) is 27.4. The number of ether oxygens (including phenoxy) is 2. The van der Waals surface area contributed by atoms with E-state index in [9.17, 15) is 14.4 Å². The van der Waals surface area contributed by atoms with Gasteiger partial charge in [0.25, 0.3) is 0 Å². The number of nitrogens with one attached hydrogen (secondary N) is 4. The lowest BCUT2D eigenvalue weighted by molar-refractivity contribution is -0.116. The maximum atomic E-state index is 12.9. The first-order valence-electron chi connectivity index (χ1n) is 31.4. The van der Waals surface area contributed by atoms with Crippen molar-refractivity contribution < 1.29 is 23.9 Å². The summed E-state index contributed by atoms with van der Waals surface area (Å²) < 4.78 is 16.8. The van der Waals surface area contributed by atoms with Gasteiger partial charge in [0, 0.05) is 83.9 Å². The van der Waals surface area contributed by atoms with Crippen molar-refractivity contribution in [2.75, 3.05) is 40.9 Å². The average Bonchev–Trinajstić information content (AvgIpc) is 1.96. The Kier molecular flexibility index (Phi) is 22.2. The average molecular weight is 1270 g/mol. The number of amides is 4. The second-order valence-electron chi connectivity index (χ2n) is 26.3. The van der Waals surface area contributed by atoms with Crippen LogP contribution >= 0.6 is 11.3 Å². The van der Waals surface area contributed by atoms with E-state index < -0.39 is 0 Å². The summed E-state index contributed by atoms with van der Waals surface area (Å²) in [5, 5.41) is 26.5. The fourth-order valence-electron chi connectivity index (χ4n) is 9.75. The minimum Gasteiger partial charge on any atom is -0.457 e. The van der Waals surface area contributed by atoms with E-state index in [0.29, 0.717) is 34.1 Å². The van der Waals surface area contributed by atoms with Crippen molar-refractivity contribution in [3.8, 4) is 34.4 Å². The van der Waals surface area contributed by atoms with E-state index in [-0.39, 0.29) is 46.9 Å². The van der Waals surface area contributed by atoms with Crippen LogP contribution in [0.2, 0.25) is 0 Å². The number of aryl methyl sites for hydroxylation is 3. The van der Waals surface area contributed by atoms with E-state index in [1.165, 1.54) is 59.7 Å². The van der Waals surface area contributed by atoms with Crippen molar-refractivity contribution in [1.29, 1.82) is 0 Å². The molecule has 0 spiro atoms. The molecule has 1 fully saturated rings. The van der Waals surface area contributed by atoms with Gasteiger partial charge < -0.3 is 25.0 Å². The van der Waals surface area contributed by atoms with E-state index in [1.807, 2.05) is 135 Å². The van der Waals surface area contributed by atoms with Crippen LogP contribution in [-0.4, -0.2) is 86.7 Å². The van der Waals surface area contributed by atoms with Crippen LogP contribution in [0.3, 0.4) is 0 Å². The zero-order valence-corrected chi connectivity index (χ0v) is 56.3. The third kappa shape index (κ3) is 20.1. The van der Waals surface area contributed by atoms with Crippen LogP contribution in [0.15, 0.2) is 171 Å². The number of carbonyl (C=O) groups is 3. The minimum absolute atomic E-state index is 0.0641. The molecule has 0 bridgehead atoms. The molecule has 4 amide bonds. The first kappa shape index (κ1) is 67.6. The van der Waals surface area contributed by atoms with Crippen LogP contribution in [0, 0.1) is 13.8 Å². The highest BCUT2D eigenvalue weighted by molar-refractivity contribution is 7.15. The Bertz CT molecular complexity index is 4040. The maximum absolute atomic E-state index is 12.9. The van der Waals surface area contributed by atoms with Crippen molar-refractivity contribution in [3.63, 3.8) is 0 Å². The molecule has 6 aromatic heterocycles. The van der Waals surface area contributed by atoms with Gasteiger partial charge in [-0.1, -0.05) is 128 Å². The number of pyridine rings is 2. The molecule has 10 aromatic rings. The Morgan fingerprint density at radius 3 is 1.34 bits per heavy atom. The number of aromatic nitrogens is 9. The molecule has 484 valence electrons. The van der Waals surface area contributed by atoms with Gasteiger partial charge >= 0.3 is 6.03 Å². The molecule has 0 unspecified atom stereocenters. The Morgan fingerprint density at radius 2 is 0.903 bits per heavy atom. The Morgan fingerprint density at radius 1 is 0.495 bits per heavy atom. The van der Waals surface area contributed by atoms with Crippen molar-refractivity contribution in [1.82, 2.24) is 49.2 Å². The normalized spacial score (nSPS) is 12.6. The summed E-state index contributed by atoms with van der Waals surface area (Å²) in [5.74, 6) is 4.66. The van der Waals surface area contributed by atoms with E-state index in [4.69, 9.17) is 19.7 Å². The molecule has 20 heteroatoms. The van der Waals surface area contributed by atoms with Crippen LogP contribution in [0.1, 0.15) is 126 Å². The summed E-state index contributed by atoms with van der Waals surface area (Å²) in [6.07, 6.45) is 14.0. The predicted octanol–water partition coefficient (Wildman–Crippen LogP) is 15.5. The number of hydrogen-bond acceptors (Lipinski definition) is 13. The minimum atomic E-state index is -0.319. The highest BCUT2D eigenvalue weighted by Crippen LogP contribution is 2.31. The number of urea groups is 1. The first-order valence-corrected chi connectivity index (χ1v) is 32.3. The third-order valence-corrected chi connectivity index (χ3v) is 16.2. The quantitative estimate of drug-likeness (QED) is 0.0670. The molecule has 1 aliphatic heterocycles. The van der Waals surface area contributed by atoms with E-state index in [0.717, 1.165) is 64.0 Å². The third-order valence-electron chi connectivity index (χ3n) is 15.2. The van der Waals surface area contributed by atoms with Crippen molar-refractivity contribution >= 4 is 51.8 Å². The van der Waals surface area contributed by atoms with Crippen LogP contribution in [-0.2, 0) is 52.1 Å². The highest BCUT2D eigenvalue weighted by Gasteiger charge is 2.25. The number of nitrogens with zero attached hydrogens (tertiary/aromatic N) is 10. The lowest BCUT2D eigenvalue weighted by Crippen LogP contribution is -2.31. The Labute approximate surface area is 550 Å². The molecule has 1 saturated heterocycles. The van der Waals surface area contributed by atoms with Crippen LogP contribution < -0.4 is 30.7 Å². The summed E-state index contributed by atoms with van der Waals surface area (Å²) in [6, 6.07) is 43.8. The van der Waals surface area contributed by atoms with Gasteiger partial charge in [-0.2, -0.15) is 15.3 Å². The lowest BCUT2D eigenvalue weighted by Gasteiger charge is -2.25. The summed E-state index contributed by atoms with van der Waals surface area (Å²) in [6.45, 7) is 26.5. The number of piperidine rings is 1. The monoisotopic (exact) mass is 1270 g/mol. The molecule has 0 atom stereocenters. The van der Waals surface area contributed by atoms with Crippen LogP contribution in [0.4, 0.5) is 27.4 Å². The van der Waals surface area contributed by atoms with Crippen LogP contribution in [0.25, 0.3) is 11.4 Å². The van der Waals surface area contributed by atoms with Gasteiger partial charge in [-0.05, 0) is 130 Å². The number of likely N-dealkylation sites (tertiary alicyclic amines) is 1. The van der Waals surface area contributed by atoms with Crippen LogP contribution in [0.5, 0.6) is 23.0 Å². The maximum Gasteiger partial charge on any atom is 0.326 e. The zero-order valence-electron chi connectivity index (χ0n) is 55.5. The largest absolute Gasteiger partial charge is 0.457 e. The van der Waals surface area contributed by atoms with E-state index >= 15 is 0 Å². The fourth-order valence-corrected chi connectivity index (χ4v) is 10.5. The Balaban J connectivity index is 0.000000166. The predicted molar refractivity (Wildman–Crippen MR) is 371 cm³/mol. The summed E-state index contributed by atoms with van der Waals surface area (Å²) in [7, 11) is 1.83. The molecule has 0 saturated carbocycles. The number of thiazole rings is 1. The summed E-state index contributed by atoms with van der Waals surface area (Å²) in [5.41, 5.74) is 8.39. The SMILES string of the molecule is Cc1ccc(-n2nc(C(C)(C)C)cc2NC(=O)Cc2ccc(Oc3ccncc3)cc2)cc1.Cc1ccc(-n2nc(C(C)(C)C)cc2NC(=O)Nc2ncc(CCN3CCCCC3)s2)cc1.Cn1nc(C(C)(C)C)cc1NC(=O)Cc1ccc(Oc2ccncc2)cc1. The molecular weight excluding hydrogens is 1180 g/mol. The van der Waals surface area contributed by atoms with E-state index in [1.54, 1.807) is 63.1 Å². The molecule has 93 heavy (non-hydrogen) atoms. The Hall–Kier alpha value is -9.79. The zero-order chi connectivity index (χ0) is 66.3. The van der Waals surface area contributed by atoms with Crippen molar-refractivity contribution in [2.45, 2.75) is 131 Å². The van der Waals surface area contributed by atoms with Gasteiger partial charge in [-0.25, -0.2) is 19.1 Å². The number of rotatable bonds is 17. The highest BCUT2D eigenvalue weighted by atomic mass is 32.1. The number of hydrogen-bond donors (Lipinski definition) is 4. The molecule has 4 aromatic carbocycles. The van der Waals surface area contributed by atoms with E-state index in [2.05, 4.69) is 115 Å². The number of anilines is 4. The van der Waals surface area contributed by atoms with Gasteiger partial charge in [0.05, 0.1) is 41.3 Å². The number of benzene rings is 4. The first-order chi connectivity index (χ1) is 44.4. The molecule has 19 nitrogen and oxygen atoms in total. The fraction of sp³-hybridized carbons (Fsp3) is 0.329. The smallest absolute Gasteiger partial charge is 0.326 e. The summed E-state index contributed by atoms with van der Waals surface area (Å²) >= 11 is 1.54. The van der Waals surface area contributed by atoms with Gasteiger partial charge in [0.1, 0.15) is 40.5 Å². The molecule has 7 heterocycles. The number of carbonyl (C=O) groups excluding carboxylic acids is 3. The molecular formula is C73H86N14O5S. The van der Waals surface area contributed by atoms with Gasteiger partial charge in [-0.15, -0.1) is 11.3 Å². The van der Waals surface area contributed by atoms with Crippen molar-refractivity contribution in [3.05, 3.63) is 215 Å². The molecule has 0 aliphatic carbocycles. The molecule has 1 aliphatic rings. The van der Waals surface area contributed by atoms with Gasteiger partial charge in [-0.3, -0.25) is 34.9 Å². The lowest BCUT2D eigenvalue weighted by atomic mass is 9.92.